The van der Waals surface area contributed by atoms with Crippen molar-refractivity contribution in [2.45, 2.75) is 6.92 Å². The molecule has 0 aliphatic rings. The van der Waals surface area contributed by atoms with Gasteiger partial charge >= 0.3 is 0 Å². The first-order valence-electron chi connectivity index (χ1n) is 3.56. The van der Waals surface area contributed by atoms with E-state index in [9.17, 15) is 4.79 Å². The number of aryl methyl sites for hydroxylation is 1. The molecule has 1 amide bonds. The molecule has 0 fully saturated rings. The molecule has 0 aromatic carbocycles. The van der Waals surface area contributed by atoms with Gasteiger partial charge in [0.1, 0.15) is 0 Å². The summed E-state index contributed by atoms with van der Waals surface area (Å²) in [5.74, 6) is -0.575. The van der Waals surface area contributed by atoms with Crippen molar-refractivity contribution in [2.75, 3.05) is 0 Å². The Morgan fingerprint density at radius 3 is 3.00 bits per heavy atom. The van der Waals surface area contributed by atoms with E-state index < -0.39 is 5.91 Å². The van der Waals surface area contributed by atoms with Crippen LogP contribution in [0.25, 0.3) is 16.5 Å². The number of nitrogens with zero attached hydrogens (tertiary/aromatic N) is 3. The van der Waals surface area contributed by atoms with Crippen LogP contribution in [0.4, 0.5) is 0 Å². The SMILES string of the molecule is Cc1ccc(C=CC(=O)N=[N+]=[N-])s1. The third kappa shape index (κ3) is 3.11. The van der Waals surface area contributed by atoms with Gasteiger partial charge in [-0.25, -0.2) is 0 Å². The average Bonchev–Trinajstić information content (AvgIpc) is 2.49. The third-order valence-corrected chi connectivity index (χ3v) is 2.26. The predicted molar refractivity (Wildman–Crippen MR) is 52.2 cm³/mol. The molecule has 5 heteroatoms. The predicted octanol–water partition coefficient (Wildman–Crippen LogP) is 2.91. The normalized spacial score (nSPS) is 9.92. The molecule has 13 heavy (non-hydrogen) atoms. The Morgan fingerprint density at radius 1 is 1.69 bits per heavy atom. The number of carbonyl (C=O) groups is 1. The summed E-state index contributed by atoms with van der Waals surface area (Å²) in [6.07, 6.45) is 2.89. The van der Waals surface area contributed by atoms with Gasteiger partial charge in [0.05, 0.1) is 0 Å². The summed E-state index contributed by atoms with van der Waals surface area (Å²) in [6.45, 7) is 1.98. The van der Waals surface area contributed by atoms with Gasteiger partial charge < -0.3 is 0 Å². The first-order chi connectivity index (χ1) is 6.22. The van der Waals surface area contributed by atoms with Crippen molar-refractivity contribution in [3.05, 3.63) is 38.4 Å². The van der Waals surface area contributed by atoms with Crippen LogP contribution < -0.4 is 0 Å². The van der Waals surface area contributed by atoms with Crippen LogP contribution in [-0.2, 0) is 4.79 Å². The summed E-state index contributed by atoms with van der Waals surface area (Å²) in [6, 6.07) is 3.86. The molecule has 0 saturated heterocycles. The number of thiophene rings is 1. The second-order valence-corrected chi connectivity index (χ2v) is 3.63. The van der Waals surface area contributed by atoms with E-state index in [-0.39, 0.29) is 0 Å². The molecule has 0 bridgehead atoms. The van der Waals surface area contributed by atoms with Gasteiger partial charge in [0, 0.05) is 14.7 Å². The third-order valence-electron chi connectivity index (χ3n) is 1.29. The van der Waals surface area contributed by atoms with E-state index in [1.54, 1.807) is 17.4 Å². The Hall–Kier alpha value is -1.58. The quantitative estimate of drug-likeness (QED) is 0.308. The van der Waals surface area contributed by atoms with Gasteiger partial charge in [-0.3, -0.25) is 4.79 Å². The summed E-state index contributed by atoms with van der Waals surface area (Å²) in [4.78, 5) is 15.2. The minimum absolute atomic E-state index is 0.575. The fourth-order valence-electron chi connectivity index (χ4n) is 0.774. The zero-order chi connectivity index (χ0) is 9.68. The molecule has 66 valence electrons. The number of amides is 1. The van der Waals surface area contributed by atoms with Gasteiger partial charge in [-0.2, -0.15) is 0 Å². The van der Waals surface area contributed by atoms with E-state index >= 15 is 0 Å². The van der Waals surface area contributed by atoms with Crippen LogP contribution in [-0.4, -0.2) is 5.91 Å². The van der Waals surface area contributed by atoms with E-state index in [1.807, 2.05) is 19.1 Å². The van der Waals surface area contributed by atoms with Crippen LogP contribution in [0.2, 0.25) is 0 Å². The van der Waals surface area contributed by atoms with Crippen molar-refractivity contribution in [3.63, 3.8) is 0 Å². The molecule has 0 aliphatic carbocycles. The van der Waals surface area contributed by atoms with E-state index in [0.717, 1.165) is 4.88 Å². The number of hydrogen-bond donors (Lipinski definition) is 0. The molecule has 0 unspecified atom stereocenters. The Labute approximate surface area is 79.1 Å². The minimum atomic E-state index is -0.575. The molecular formula is C8H7N3OS. The summed E-state index contributed by atoms with van der Waals surface area (Å²) in [7, 11) is 0. The molecule has 4 nitrogen and oxygen atoms in total. The van der Waals surface area contributed by atoms with Crippen molar-refractivity contribution >= 4 is 23.3 Å². The first-order valence-corrected chi connectivity index (χ1v) is 4.37. The molecule has 0 N–H and O–H groups in total. The standard InChI is InChI=1S/C8H7N3OS/c1-6-2-3-7(13-6)4-5-8(12)10-11-9/h2-5H,1H3. The topological polar surface area (TPSA) is 65.8 Å². The molecule has 0 atom stereocenters. The lowest BCUT2D eigenvalue weighted by Crippen LogP contribution is -1.80. The number of hydrogen-bond acceptors (Lipinski definition) is 2. The second-order valence-electron chi connectivity index (χ2n) is 2.31. The zero-order valence-corrected chi connectivity index (χ0v) is 7.78. The number of rotatable bonds is 2. The van der Waals surface area contributed by atoms with E-state index in [2.05, 4.69) is 10.0 Å². The second kappa shape index (κ2) is 4.45. The monoisotopic (exact) mass is 193 g/mol. The maximum atomic E-state index is 10.7. The molecule has 0 spiro atoms. The highest BCUT2D eigenvalue weighted by atomic mass is 32.1. The van der Waals surface area contributed by atoms with Crippen LogP contribution in [0.5, 0.6) is 0 Å². The fourth-order valence-corrected chi connectivity index (χ4v) is 1.55. The van der Waals surface area contributed by atoms with Crippen LogP contribution in [0.15, 0.2) is 23.3 Å². The highest BCUT2D eigenvalue weighted by Crippen LogP contribution is 2.16. The smallest absolute Gasteiger partial charge is 0.242 e. The van der Waals surface area contributed by atoms with E-state index in [0.29, 0.717) is 0 Å². The molecule has 1 heterocycles. The molecule has 1 aromatic rings. The van der Waals surface area contributed by atoms with Gasteiger partial charge in [0.2, 0.25) is 5.91 Å². The first kappa shape index (κ1) is 9.51. The van der Waals surface area contributed by atoms with Gasteiger partial charge in [0.15, 0.2) is 0 Å². The van der Waals surface area contributed by atoms with Gasteiger partial charge in [0.25, 0.3) is 0 Å². The van der Waals surface area contributed by atoms with Crippen molar-refractivity contribution < 1.29 is 4.79 Å². The van der Waals surface area contributed by atoms with Crippen LogP contribution in [0.3, 0.4) is 0 Å². The highest BCUT2D eigenvalue weighted by molar-refractivity contribution is 7.12. The lowest BCUT2D eigenvalue weighted by atomic mass is 10.4. The lowest BCUT2D eigenvalue weighted by Gasteiger charge is -1.80. The lowest BCUT2D eigenvalue weighted by molar-refractivity contribution is -0.113. The average molecular weight is 193 g/mol. The summed E-state index contributed by atoms with van der Waals surface area (Å²) >= 11 is 1.57. The van der Waals surface area contributed by atoms with Crippen molar-refractivity contribution in [1.82, 2.24) is 0 Å². The molecular weight excluding hydrogens is 186 g/mol. The highest BCUT2D eigenvalue weighted by Gasteiger charge is 1.92. The molecule has 0 aliphatic heterocycles. The Kier molecular flexibility index (Phi) is 3.25. The van der Waals surface area contributed by atoms with Crippen LogP contribution in [0.1, 0.15) is 9.75 Å². The Balaban J connectivity index is 2.68. The Morgan fingerprint density at radius 2 is 2.46 bits per heavy atom. The van der Waals surface area contributed by atoms with Crippen molar-refractivity contribution in [3.8, 4) is 0 Å². The Bertz CT molecular complexity index is 388. The van der Waals surface area contributed by atoms with Gasteiger partial charge in [-0.15, -0.1) is 11.3 Å². The van der Waals surface area contributed by atoms with E-state index in [1.165, 1.54) is 11.0 Å². The minimum Gasteiger partial charge on any atom is -0.288 e. The largest absolute Gasteiger partial charge is 0.288 e. The van der Waals surface area contributed by atoms with Crippen LogP contribution in [0, 0.1) is 6.92 Å². The molecule has 0 saturated carbocycles. The zero-order valence-electron chi connectivity index (χ0n) is 6.97. The summed E-state index contributed by atoms with van der Waals surface area (Å²) < 4.78 is 0. The summed E-state index contributed by atoms with van der Waals surface area (Å²) in [5, 5.41) is 2.91. The van der Waals surface area contributed by atoms with Crippen LogP contribution >= 0.6 is 11.3 Å². The summed E-state index contributed by atoms with van der Waals surface area (Å²) in [5.41, 5.74) is 7.94. The molecule has 1 rings (SSSR count). The van der Waals surface area contributed by atoms with Crippen molar-refractivity contribution in [2.24, 2.45) is 5.11 Å². The molecule has 1 aromatic heterocycles. The maximum Gasteiger partial charge on any atom is 0.242 e. The number of azide groups is 1. The van der Waals surface area contributed by atoms with Gasteiger partial charge in [-0.05, 0) is 41.9 Å². The molecule has 0 radical (unpaired) electrons. The van der Waals surface area contributed by atoms with E-state index in [4.69, 9.17) is 5.53 Å². The fraction of sp³-hybridized carbons (Fsp3) is 0.125. The number of carbonyl (C=O) groups excluding carboxylic acids is 1. The maximum absolute atomic E-state index is 10.7. The van der Waals surface area contributed by atoms with Gasteiger partial charge in [-0.1, -0.05) is 0 Å². The van der Waals surface area contributed by atoms with Crippen molar-refractivity contribution in [1.29, 1.82) is 0 Å².